The van der Waals surface area contributed by atoms with Gasteiger partial charge in [0.2, 0.25) is 0 Å². The second-order valence-electron chi connectivity index (χ2n) is 6.29. The highest BCUT2D eigenvalue weighted by atomic mass is 16.5. The molecule has 0 fully saturated rings. The van der Waals surface area contributed by atoms with E-state index in [2.05, 4.69) is 30.9 Å². The van der Waals surface area contributed by atoms with Gasteiger partial charge in [-0.1, -0.05) is 74.5 Å². The van der Waals surface area contributed by atoms with Crippen LogP contribution in [0.25, 0.3) is 0 Å². The molecule has 3 heteroatoms. The van der Waals surface area contributed by atoms with Crippen molar-refractivity contribution >= 4 is 5.97 Å². The van der Waals surface area contributed by atoms with Gasteiger partial charge in [0.25, 0.3) is 0 Å². The molecule has 3 nitrogen and oxygen atoms in total. The van der Waals surface area contributed by atoms with Gasteiger partial charge in [0.1, 0.15) is 5.41 Å². The highest BCUT2D eigenvalue weighted by molar-refractivity contribution is 5.84. The molecular formula is C22H29NO2. The van der Waals surface area contributed by atoms with Crippen LogP contribution in [0.5, 0.6) is 0 Å². The molecule has 0 aliphatic rings. The van der Waals surface area contributed by atoms with Gasteiger partial charge < -0.3 is 9.64 Å². The van der Waals surface area contributed by atoms with Crippen LogP contribution in [0.4, 0.5) is 0 Å². The normalized spacial score (nSPS) is 13.4. The number of esters is 1. The summed E-state index contributed by atoms with van der Waals surface area (Å²) in [6.07, 6.45) is 0.632. The van der Waals surface area contributed by atoms with Gasteiger partial charge in [-0.2, -0.15) is 0 Å². The number of benzene rings is 2. The van der Waals surface area contributed by atoms with Crippen molar-refractivity contribution in [2.24, 2.45) is 0 Å². The van der Waals surface area contributed by atoms with E-state index in [4.69, 9.17) is 4.74 Å². The van der Waals surface area contributed by atoms with Gasteiger partial charge >= 0.3 is 5.97 Å². The Balaban J connectivity index is 2.53. The standard InChI is InChI=1S/C22H29NO2/c1-4-23(5-2)18-22(21(24)25-6-3,20-15-11-8-12-16-20)17-19-13-9-7-10-14-19/h7-16H,4-6,17-18H2,1-3H3. The Labute approximate surface area is 151 Å². The van der Waals surface area contributed by atoms with Crippen LogP contribution in [0.1, 0.15) is 31.9 Å². The largest absolute Gasteiger partial charge is 0.465 e. The third-order valence-corrected chi connectivity index (χ3v) is 4.73. The summed E-state index contributed by atoms with van der Waals surface area (Å²) >= 11 is 0. The van der Waals surface area contributed by atoms with Crippen molar-refractivity contribution < 1.29 is 9.53 Å². The number of hydrogen-bond donors (Lipinski definition) is 0. The molecule has 0 aromatic heterocycles. The van der Waals surface area contributed by atoms with E-state index in [1.54, 1.807) is 0 Å². The summed E-state index contributed by atoms with van der Waals surface area (Å²) in [6, 6.07) is 20.3. The minimum absolute atomic E-state index is 0.142. The van der Waals surface area contributed by atoms with Crippen LogP contribution in [-0.4, -0.2) is 37.1 Å². The summed E-state index contributed by atoms with van der Waals surface area (Å²) in [5, 5.41) is 0. The zero-order chi connectivity index (χ0) is 18.1. The zero-order valence-corrected chi connectivity index (χ0v) is 15.6. The van der Waals surface area contributed by atoms with E-state index in [-0.39, 0.29) is 5.97 Å². The van der Waals surface area contributed by atoms with E-state index in [0.29, 0.717) is 19.6 Å². The quantitative estimate of drug-likeness (QED) is 0.645. The molecule has 2 rings (SSSR count). The molecule has 0 bridgehead atoms. The summed E-state index contributed by atoms with van der Waals surface area (Å²) in [6.45, 7) is 8.98. The third-order valence-electron chi connectivity index (χ3n) is 4.73. The van der Waals surface area contributed by atoms with Crippen molar-refractivity contribution in [3.63, 3.8) is 0 Å². The van der Waals surface area contributed by atoms with Gasteiger partial charge in [0.05, 0.1) is 6.61 Å². The van der Waals surface area contributed by atoms with E-state index < -0.39 is 5.41 Å². The Hall–Kier alpha value is -2.13. The maximum Gasteiger partial charge on any atom is 0.318 e. The first-order chi connectivity index (χ1) is 12.2. The molecule has 2 aromatic rings. The molecule has 0 aliphatic carbocycles. The lowest BCUT2D eigenvalue weighted by atomic mass is 9.74. The van der Waals surface area contributed by atoms with Crippen molar-refractivity contribution in [3.05, 3.63) is 71.8 Å². The van der Waals surface area contributed by atoms with Gasteiger partial charge in [0, 0.05) is 6.54 Å². The number of likely N-dealkylation sites (N-methyl/N-ethyl adjacent to an activating group) is 1. The van der Waals surface area contributed by atoms with E-state index in [1.807, 2.05) is 55.5 Å². The van der Waals surface area contributed by atoms with Crippen LogP contribution in [0, 0.1) is 0 Å². The molecule has 0 heterocycles. The number of rotatable bonds is 9. The van der Waals surface area contributed by atoms with Crippen LogP contribution in [-0.2, 0) is 21.4 Å². The molecular weight excluding hydrogens is 310 g/mol. The number of hydrogen-bond acceptors (Lipinski definition) is 3. The number of carbonyl (C=O) groups excluding carboxylic acids is 1. The summed E-state index contributed by atoms with van der Waals surface area (Å²) in [5.41, 5.74) is 1.46. The SMILES string of the molecule is CCOC(=O)C(Cc1ccccc1)(CN(CC)CC)c1ccccc1. The van der Waals surface area contributed by atoms with Crippen LogP contribution < -0.4 is 0 Å². The fraction of sp³-hybridized carbons (Fsp3) is 0.409. The summed E-state index contributed by atoms with van der Waals surface area (Å²) in [4.78, 5) is 15.5. The molecule has 0 N–H and O–H groups in total. The fourth-order valence-electron chi connectivity index (χ4n) is 3.30. The highest BCUT2D eigenvalue weighted by Crippen LogP contribution is 2.32. The van der Waals surface area contributed by atoms with Crippen molar-refractivity contribution in [3.8, 4) is 0 Å². The zero-order valence-electron chi connectivity index (χ0n) is 15.6. The lowest BCUT2D eigenvalue weighted by Crippen LogP contribution is -2.49. The van der Waals surface area contributed by atoms with Crippen molar-refractivity contribution in [1.29, 1.82) is 0 Å². The maximum atomic E-state index is 13.2. The van der Waals surface area contributed by atoms with Crippen molar-refractivity contribution in [2.45, 2.75) is 32.6 Å². The minimum Gasteiger partial charge on any atom is -0.465 e. The first-order valence-corrected chi connectivity index (χ1v) is 9.15. The summed E-state index contributed by atoms with van der Waals surface area (Å²) in [5.74, 6) is -0.142. The Morgan fingerprint density at radius 2 is 1.48 bits per heavy atom. The van der Waals surface area contributed by atoms with Gasteiger partial charge in [-0.15, -0.1) is 0 Å². The second-order valence-corrected chi connectivity index (χ2v) is 6.29. The Morgan fingerprint density at radius 3 is 2.00 bits per heavy atom. The molecule has 1 atom stereocenters. The summed E-state index contributed by atoms with van der Waals surface area (Å²) < 4.78 is 5.56. The van der Waals surface area contributed by atoms with Crippen molar-refractivity contribution in [2.75, 3.05) is 26.2 Å². The first kappa shape index (κ1) is 19.2. The molecule has 1 unspecified atom stereocenters. The van der Waals surface area contributed by atoms with E-state index in [9.17, 15) is 4.79 Å². The lowest BCUT2D eigenvalue weighted by molar-refractivity contribution is -0.151. The molecule has 0 amide bonds. The molecule has 2 aromatic carbocycles. The Kier molecular flexibility index (Phi) is 7.20. The molecule has 25 heavy (non-hydrogen) atoms. The van der Waals surface area contributed by atoms with Gasteiger partial charge in [-0.05, 0) is 37.6 Å². The molecule has 0 aliphatic heterocycles. The number of carbonyl (C=O) groups is 1. The fourth-order valence-corrected chi connectivity index (χ4v) is 3.30. The first-order valence-electron chi connectivity index (χ1n) is 9.15. The minimum atomic E-state index is -0.704. The summed E-state index contributed by atoms with van der Waals surface area (Å²) in [7, 11) is 0. The van der Waals surface area contributed by atoms with E-state index in [1.165, 1.54) is 0 Å². The molecule has 0 saturated heterocycles. The second kappa shape index (κ2) is 9.38. The average Bonchev–Trinajstić information content (AvgIpc) is 2.67. The molecule has 0 saturated carbocycles. The van der Waals surface area contributed by atoms with Gasteiger partial charge in [0.15, 0.2) is 0 Å². The van der Waals surface area contributed by atoms with E-state index >= 15 is 0 Å². The van der Waals surface area contributed by atoms with Crippen LogP contribution in [0.2, 0.25) is 0 Å². The van der Waals surface area contributed by atoms with Crippen molar-refractivity contribution in [1.82, 2.24) is 4.90 Å². The molecule has 0 spiro atoms. The average molecular weight is 339 g/mol. The predicted octanol–water partition coefficient (Wildman–Crippen LogP) is 4.07. The van der Waals surface area contributed by atoms with Crippen LogP contribution >= 0.6 is 0 Å². The third kappa shape index (κ3) is 4.70. The highest BCUT2D eigenvalue weighted by Gasteiger charge is 2.42. The monoisotopic (exact) mass is 339 g/mol. The maximum absolute atomic E-state index is 13.2. The van der Waals surface area contributed by atoms with Crippen LogP contribution in [0.3, 0.4) is 0 Å². The topological polar surface area (TPSA) is 29.5 Å². The molecule has 134 valence electrons. The van der Waals surface area contributed by atoms with Crippen LogP contribution in [0.15, 0.2) is 60.7 Å². The number of ether oxygens (including phenoxy) is 1. The molecule has 0 radical (unpaired) electrons. The van der Waals surface area contributed by atoms with Gasteiger partial charge in [-0.25, -0.2) is 0 Å². The smallest absolute Gasteiger partial charge is 0.318 e. The lowest BCUT2D eigenvalue weighted by Gasteiger charge is -2.36. The number of nitrogens with zero attached hydrogens (tertiary/aromatic N) is 1. The van der Waals surface area contributed by atoms with Gasteiger partial charge in [-0.3, -0.25) is 4.79 Å². The Bertz CT molecular complexity index is 638. The predicted molar refractivity (Wildman–Crippen MR) is 103 cm³/mol. The van der Waals surface area contributed by atoms with E-state index in [0.717, 1.165) is 24.2 Å². The Morgan fingerprint density at radius 1 is 0.920 bits per heavy atom.